The SMILES string of the molecule is CNC1CCC(C)(C)CC1S(=O)(=O)CCOC. The Morgan fingerprint density at radius 3 is 2.59 bits per heavy atom. The molecule has 1 rings (SSSR count). The first kappa shape index (κ1) is 14.9. The minimum Gasteiger partial charge on any atom is -0.384 e. The van der Waals surface area contributed by atoms with E-state index in [0.29, 0.717) is 0 Å². The van der Waals surface area contributed by atoms with Crippen molar-refractivity contribution in [2.45, 2.75) is 44.4 Å². The standard InChI is InChI=1S/C12H25NO3S/c1-12(2)6-5-10(13-3)11(9-12)17(14,15)8-7-16-4/h10-11,13H,5-9H2,1-4H3. The van der Waals surface area contributed by atoms with Crippen LogP contribution in [0.4, 0.5) is 0 Å². The smallest absolute Gasteiger partial charge is 0.156 e. The summed E-state index contributed by atoms with van der Waals surface area (Å²) < 4.78 is 29.5. The fourth-order valence-corrected chi connectivity index (χ4v) is 4.76. The highest BCUT2D eigenvalue weighted by Gasteiger charge is 2.41. The number of hydrogen-bond acceptors (Lipinski definition) is 4. The van der Waals surface area contributed by atoms with Crippen molar-refractivity contribution in [1.82, 2.24) is 5.32 Å². The lowest BCUT2D eigenvalue weighted by molar-refractivity contribution is 0.206. The molecule has 0 radical (unpaired) electrons. The Bertz CT molecular complexity index is 338. The summed E-state index contributed by atoms with van der Waals surface area (Å²) in [5.41, 5.74) is 0.123. The van der Waals surface area contributed by atoms with Crippen LogP contribution in [-0.2, 0) is 14.6 Å². The molecule has 1 aliphatic rings. The van der Waals surface area contributed by atoms with Gasteiger partial charge in [-0.15, -0.1) is 0 Å². The highest BCUT2D eigenvalue weighted by molar-refractivity contribution is 7.92. The average Bonchev–Trinajstić information content (AvgIpc) is 2.25. The topological polar surface area (TPSA) is 55.4 Å². The van der Waals surface area contributed by atoms with Gasteiger partial charge in [-0.05, 0) is 31.7 Å². The summed E-state index contributed by atoms with van der Waals surface area (Å²) in [5, 5.41) is 2.88. The highest BCUT2D eigenvalue weighted by Crippen LogP contribution is 2.38. The maximum Gasteiger partial charge on any atom is 0.156 e. The summed E-state index contributed by atoms with van der Waals surface area (Å²) in [6.07, 6.45) is 2.75. The second-order valence-corrected chi connectivity index (χ2v) is 8.04. The molecule has 0 amide bonds. The van der Waals surface area contributed by atoms with Crippen LogP contribution in [0.1, 0.15) is 33.1 Å². The van der Waals surface area contributed by atoms with Crippen molar-refractivity contribution in [3.8, 4) is 0 Å². The van der Waals surface area contributed by atoms with Gasteiger partial charge >= 0.3 is 0 Å². The fourth-order valence-electron chi connectivity index (χ4n) is 2.58. The Morgan fingerprint density at radius 2 is 2.06 bits per heavy atom. The predicted molar refractivity (Wildman–Crippen MR) is 69.9 cm³/mol. The van der Waals surface area contributed by atoms with Crippen molar-refractivity contribution in [1.29, 1.82) is 0 Å². The van der Waals surface area contributed by atoms with E-state index in [1.54, 1.807) is 0 Å². The van der Waals surface area contributed by atoms with Crippen LogP contribution in [0.2, 0.25) is 0 Å². The largest absolute Gasteiger partial charge is 0.384 e. The summed E-state index contributed by atoms with van der Waals surface area (Å²) in [5.74, 6) is 0.127. The van der Waals surface area contributed by atoms with Crippen molar-refractivity contribution in [3.05, 3.63) is 0 Å². The molecule has 0 spiro atoms. The third kappa shape index (κ3) is 3.93. The quantitative estimate of drug-likeness (QED) is 0.810. The zero-order chi connectivity index (χ0) is 13.1. The lowest BCUT2D eigenvalue weighted by Crippen LogP contribution is -2.49. The number of rotatable bonds is 5. The van der Waals surface area contributed by atoms with Gasteiger partial charge in [0.05, 0.1) is 17.6 Å². The molecular formula is C12H25NO3S. The first-order valence-electron chi connectivity index (χ1n) is 6.20. The molecule has 102 valence electrons. The third-order valence-corrected chi connectivity index (χ3v) is 5.89. The van der Waals surface area contributed by atoms with Crippen molar-refractivity contribution >= 4 is 9.84 Å². The minimum atomic E-state index is -3.07. The number of sulfone groups is 1. The minimum absolute atomic E-state index is 0.0879. The summed E-state index contributed by atoms with van der Waals surface area (Å²) in [7, 11) is 0.321. The molecule has 2 atom stereocenters. The van der Waals surface area contributed by atoms with Gasteiger partial charge in [0.2, 0.25) is 0 Å². The van der Waals surface area contributed by atoms with Crippen LogP contribution in [0.15, 0.2) is 0 Å². The van der Waals surface area contributed by atoms with E-state index in [1.807, 2.05) is 7.05 Å². The van der Waals surface area contributed by atoms with Crippen LogP contribution >= 0.6 is 0 Å². The molecule has 5 heteroatoms. The normalized spacial score (nSPS) is 29.2. The molecule has 0 bridgehead atoms. The van der Waals surface area contributed by atoms with E-state index in [-0.39, 0.29) is 29.1 Å². The molecule has 1 fully saturated rings. The van der Waals surface area contributed by atoms with E-state index in [2.05, 4.69) is 19.2 Å². The van der Waals surface area contributed by atoms with E-state index in [0.717, 1.165) is 19.3 Å². The summed E-state index contributed by atoms with van der Waals surface area (Å²) >= 11 is 0. The summed E-state index contributed by atoms with van der Waals surface area (Å²) in [6.45, 7) is 4.59. The molecule has 17 heavy (non-hydrogen) atoms. The Morgan fingerprint density at radius 1 is 1.41 bits per heavy atom. The van der Waals surface area contributed by atoms with Gasteiger partial charge in [0.15, 0.2) is 9.84 Å². The van der Waals surface area contributed by atoms with Gasteiger partial charge in [-0.3, -0.25) is 0 Å². The van der Waals surface area contributed by atoms with Gasteiger partial charge < -0.3 is 10.1 Å². The van der Waals surface area contributed by atoms with Crippen LogP contribution < -0.4 is 5.32 Å². The molecule has 4 nitrogen and oxygen atoms in total. The lowest BCUT2D eigenvalue weighted by atomic mass is 9.75. The van der Waals surface area contributed by atoms with Crippen LogP contribution in [0.3, 0.4) is 0 Å². The maximum absolute atomic E-state index is 12.3. The van der Waals surface area contributed by atoms with E-state index in [9.17, 15) is 8.42 Å². The second-order valence-electron chi connectivity index (χ2n) is 5.70. The van der Waals surface area contributed by atoms with Crippen molar-refractivity contribution in [2.24, 2.45) is 5.41 Å². The number of methoxy groups -OCH3 is 1. The average molecular weight is 263 g/mol. The van der Waals surface area contributed by atoms with Gasteiger partial charge in [0, 0.05) is 13.2 Å². The third-order valence-electron chi connectivity index (χ3n) is 3.74. The van der Waals surface area contributed by atoms with Gasteiger partial charge in [0.25, 0.3) is 0 Å². The summed E-state index contributed by atoms with van der Waals surface area (Å²) in [6, 6.07) is 0.0879. The monoisotopic (exact) mass is 263 g/mol. The van der Waals surface area contributed by atoms with Gasteiger partial charge in [-0.25, -0.2) is 8.42 Å². The van der Waals surface area contributed by atoms with Crippen LogP contribution in [-0.4, -0.2) is 46.2 Å². The van der Waals surface area contributed by atoms with Crippen molar-refractivity contribution < 1.29 is 13.2 Å². The molecule has 2 unspecified atom stereocenters. The molecule has 0 aromatic rings. The van der Waals surface area contributed by atoms with E-state index in [4.69, 9.17) is 4.74 Å². The first-order chi connectivity index (χ1) is 7.82. The Hall–Kier alpha value is -0.130. The molecule has 0 aromatic carbocycles. The number of nitrogens with one attached hydrogen (secondary N) is 1. The first-order valence-corrected chi connectivity index (χ1v) is 7.92. The molecule has 0 aromatic heterocycles. The Kier molecular flexibility index (Phi) is 4.98. The molecule has 0 saturated heterocycles. The highest BCUT2D eigenvalue weighted by atomic mass is 32.2. The molecule has 1 saturated carbocycles. The predicted octanol–water partition coefficient (Wildman–Crippen LogP) is 1.21. The van der Waals surface area contributed by atoms with Gasteiger partial charge in [-0.1, -0.05) is 13.8 Å². The van der Waals surface area contributed by atoms with Crippen LogP contribution in [0.25, 0.3) is 0 Å². The summed E-state index contributed by atoms with van der Waals surface area (Å²) in [4.78, 5) is 0. The van der Waals surface area contributed by atoms with Crippen LogP contribution in [0, 0.1) is 5.41 Å². The van der Waals surface area contributed by atoms with E-state index < -0.39 is 9.84 Å². The molecule has 1 aliphatic carbocycles. The zero-order valence-electron chi connectivity index (χ0n) is 11.3. The fraction of sp³-hybridized carbons (Fsp3) is 1.00. The van der Waals surface area contributed by atoms with Gasteiger partial charge in [0.1, 0.15) is 0 Å². The van der Waals surface area contributed by atoms with E-state index >= 15 is 0 Å². The lowest BCUT2D eigenvalue weighted by Gasteiger charge is -2.40. The molecule has 0 aliphatic heterocycles. The molecular weight excluding hydrogens is 238 g/mol. The van der Waals surface area contributed by atoms with E-state index in [1.165, 1.54) is 7.11 Å². The number of ether oxygens (including phenoxy) is 1. The maximum atomic E-state index is 12.3. The Balaban J connectivity index is 2.82. The van der Waals surface area contributed by atoms with Crippen LogP contribution in [0.5, 0.6) is 0 Å². The van der Waals surface area contributed by atoms with Gasteiger partial charge in [-0.2, -0.15) is 0 Å². The molecule has 0 heterocycles. The second kappa shape index (κ2) is 5.67. The molecule has 1 N–H and O–H groups in total. The van der Waals surface area contributed by atoms with Crippen molar-refractivity contribution in [3.63, 3.8) is 0 Å². The zero-order valence-corrected chi connectivity index (χ0v) is 12.1. The number of hydrogen-bond donors (Lipinski definition) is 1. The van der Waals surface area contributed by atoms with Crippen molar-refractivity contribution in [2.75, 3.05) is 26.5 Å². The Labute approximate surface area is 105 Å².